The number of carbonyl (C=O) groups is 2. The zero-order chi connectivity index (χ0) is 14.5. The summed E-state index contributed by atoms with van der Waals surface area (Å²) in [5.41, 5.74) is 0.961. The molecule has 1 aromatic rings. The van der Waals surface area contributed by atoms with Gasteiger partial charge in [-0.1, -0.05) is 48.0 Å². The van der Waals surface area contributed by atoms with Crippen molar-refractivity contribution < 1.29 is 14.7 Å². The molecule has 0 aromatic heterocycles. The maximum Gasteiger partial charge on any atom is 0.224 e. The molecule has 0 spiro atoms. The van der Waals surface area contributed by atoms with E-state index in [2.05, 4.69) is 5.32 Å². The van der Waals surface area contributed by atoms with Gasteiger partial charge in [0.25, 0.3) is 0 Å². The highest BCUT2D eigenvalue weighted by atomic mass is 35.5. The normalized spacial score (nSPS) is 21.9. The minimum Gasteiger partial charge on any atom is -0.550 e. The Labute approximate surface area is 122 Å². The van der Waals surface area contributed by atoms with Gasteiger partial charge in [-0.15, -0.1) is 0 Å². The zero-order valence-electron chi connectivity index (χ0n) is 10.8. The van der Waals surface area contributed by atoms with E-state index in [1.165, 1.54) is 0 Å². The van der Waals surface area contributed by atoms with Gasteiger partial charge in [0.2, 0.25) is 5.91 Å². The maximum atomic E-state index is 12.1. The van der Waals surface area contributed by atoms with E-state index in [-0.39, 0.29) is 18.7 Å². The Morgan fingerprint density at radius 3 is 2.60 bits per heavy atom. The van der Waals surface area contributed by atoms with Gasteiger partial charge < -0.3 is 15.2 Å². The van der Waals surface area contributed by atoms with Crippen LogP contribution in [0.2, 0.25) is 0 Å². The standard InChI is InChI=1S/C15H16ClNO3/c16-11-6-7-12(15(19)20)13(8-11)14(18)17-9-10-4-2-1-3-5-10/h1-6,12-13H,7-9H2,(H,17,18)(H,19,20)/p-1/t12-,13-/m1/s1. The van der Waals surface area contributed by atoms with Crippen molar-refractivity contribution in [3.8, 4) is 0 Å². The van der Waals surface area contributed by atoms with Gasteiger partial charge in [-0.3, -0.25) is 4.79 Å². The molecule has 0 aliphatic heterocycles. The molecule has 4 nitrogen and oxygen atoms in total. The Morgan fingerprint density at radius 2 is 1.95 bits per heavy atom. The van der Waals surface area contributed by atoms with E-state index in [1.807, 2.05) is 30.3 Å². The molecule has 1 amide bonds. The first kappa shape index (κ1) is 14.6. The van der Waals surface area contributed by atoms with Crippen molar-refractivity contribution in [2.75, 3.05) is 0 Å². The molecule has 0 saturated heterocycles. The fourth-order valence-electron chi connectivity index (χ4n) is 2.31. The lowest BCUT2D eigenvalue weighted by atomic mass is 9.82. The lowest BCUT2D eigenvalue weighted by molar-refractivity contribution is -0.313. The van der Waals surface area contributed by atoms with Crippen molar-refractivity contribution in [1.82, 2.24) is 5.32 Å². The van der Waals surface area contributed by atoms with Crippen LogP contribution in [-0.4, -0.2) is 11.9 Å². The topological polar surface area (TPSA) is 69.2 Å². The summed E-state index contributed by atoms with van der Waals surface area (Å²) >= 11 is 5.91. The fraction of sp³-hybridized carbons (Fsp3) is 0.333. The van der Waals surface area contributed by atoms with Crippen LogP contribution in [0.5, 0.6) is 0 Å². The number of halogens is 1. The Balaban J connectivity index is 2.00. The van der Waals surface area contributed by atoms with Crippen molar-refractivity contribution in [3.63, 3.8) is 0 Å². The summed E-state index contributed by atoms with van der Waals surface area (Å²) in [5.74, 6) is -2.98. The molecule has 0 heterocycles. The number of amides is 1. The minimum atomic E-state index is -1.20. The van der Waals surface area contributed by atoms with Gasteiger partial charge in [-0.2, -0.15) is 0 Å². The number of nitrogens with one attached hydrogen (secondary N) is 1. The molecular formula is C15H15ClNO3-. The number of hydrogen-bond donors (Lipinski definition) is 1. The second-order valence-electron chi connectivity index (χ2n) is 4.83. The van der Waals surface area contributed by atoms with Crippen LogP contribution in [0.4, 0.5) is 0 Å². The second kappa shape index (κ2) is 6.57. The highest BCUT2D eigenvalue weighted by molar-refractivity contribution is 6.29. The van der Waals surface area contributed by atoms with Gasteiger partial charge >= 0.3 is 0 Å². The fourth-order valence-corrected chi connectivity index (χ4v) is 2.56. The first-order valence-corrected chi connectivity index (χ1v) is 6.82. The zero-order valence-corrected chi connectivity index (χ0v) is 11.6. The molecule has 1 aromatic carbocycles. The summed E-state index contributed by atoms with van der Waals surface area (Å²) < 4.78 is 0. The molecule has 0 bridgehead atoms. The van der Waals surface area contributed by atoms with Crippen molar-refractivity contribution in [2.45, 2.75) is 19.4 Å². The maximum absolute atomic E-state index is 12.1. The highest BCUT2D eigenvalue weighted by Gasteiger charge is 2.31. The summed E-state index contributed by atoms with van der Waals surface area (Å²) in [6.45, 7) is 0.372. The quantitative estimate of drug-likeness (QED) is 0.906. The number of hydrogen-bond acceptors (Lipinski definition) is 3. The van der Waals surface area contributed by atoms with Crippen LogP contribution in [-0.2, 0) is 16.1 Å². The molecular weight excluding hydrogens is 278 g/mol. The summed E-state index contributed by atoms with van der Waals surface area (Å²) in [5, 5.41) is 14.4. The SMILES string of the molecule is O=C([O-])[C@@H]1CC=C(Cl)C[C@H]1C(=O)NCc1ccccc1. The van der Waals surface area contributed by atoms with Crippen LogP contribution in [0, 0.1) is 11.8 Å². The Hall–Kier alpha value is -1.81. The first-order valence-electron chi connectivity index (χ1n) is 6.45. The summed E-state index contributed by atoms with van der Waals surface area (Å²) in [7, 11) is 0. The first-order chi connectivity index (χ1) is 9.58. The van der Waals surface area contributed by atoms with Crippen LogP contribution < -0.4 is 10.4 Å². The van der Waals surface area contributed by atoms with Gasteiger partial charge in [0.05, 0.1) is 5.92 Å². The number of aliphatic carboxylic acids is 1. The molecule has 0 fully saturated rings. The molecule has 0 radical (unpaired) electrons. The molecule has 5 heteroatoms. The van der Waals surface area contributed by atoms with E-state index in [9.17, 15) is 14.7 Å². The van der Waals surface area contributed by atoms with Crippen LogP contribution in [0.15, 0.2) is 41.4 Å². The largest absolute Gasteiger partial charge is 0.550 e. The number of carboxylic acid groups (broad SMARTS) is 1. The van der Waals surface area contributed by atoms with E-state index >= 15 is 0 Å². The van der Waals surface area contributed by atoms with Gasteiger partial charge in [-0.05, 0) is 18.4 Å². The van der Waals surface area contributed by atoms with Gasteiger partial charge in [0, 0.05) is 23.5 Å². The van der Waals surface area contributed by atoms with Crippen LogP contribution >= 0.6 is 11.6 Å². The second-order valence-corrected chi connectivity index (χ2v) is 5.31. The number of benzene rings is 1. The molecule has 2 rings (SSSR count). The molecule has 1 aliphatic rings. The van der Waals surface area contributed by atoms with Crippen molar-refractivity contribution in [2.24, 2.45) is 11.8 Å². The van der Waals surface area contributed by atoms with Gasteiger partial charge in [0.1, 0.15) is 0 Å². The smallest absolute Gasteiger partial charge is 0.224 e. The molecule has 20 heavy (non-hydrogen) atoms. The third kappa shape index (κ3) is 3.61. The van der Waals surface area contributed by atoms with E-state index in [0.29, 0.717) is 11.6 Å². The minimum absolute atomic E-state index is 0.241. The number of allylic oxidation sites excluding steroid dienone is 2. The molecule has 1 N–H and O–H groups in total. The molecule has 0 saturated carbocycles. The average Bonchev–Trinajstić information content (AvgIpc) is 2.45. The third-order valence-corrected chi connectivity index (χ3v) is 3.75. The monoisotopic (exact) mass is 292 g/mol. The van der Waals surface area contributed by atoms with E-state index < -0.39 is 17.8 Å². The van der Waals surface area contributed by atoms with Gasteiger partial charge in [0.15, 0.2) is 0 Å². The predicted octanol–water partition coefficient (Wildman–Crippen LogP) is 1.20. The lowest BCUT2D eigenvalue weighted by Gasteiger charge is -2.29. The number of carboxylic acids is 1. The highest BCUT2D eigenvalue weighted by Crippen LogP contribution is 2.31. The summed E-state index contributed by atoms with van der Waals surface area (Å²) in [6.07, 6.45) is 2.13. The summed E-state index contributed by atoms with van der Waals surface area (Å²) in [6, 6.07) is 9.44. The molecule has 1 aliphatic carbocycles. The average molecular weight is 293 g/mol. The lowest BCUT2D eigenvalue weighted by Crippen LogP contribution is -2.43. The van der Waals surface area contributed by atoms with Crippen LogP contribution in [0.1, 0.15) is 18.4 Å². The number of carbonyl (C=O) groups excluding carboxylic acids is 2. The van der Waals surface area contributed by atoms with Crippen LogP contribution in [0.3, 0.4) is 0 Å². The van der Waals surface area contributed by atoms with Crippen LogP contribution in [0.25, 0.3) is 0 Å². The van der Waals surface area contributed by atoms with Crippen molar-refractivity contribution >= 4 is 23.5 Å². The van der Waals surface area contributed by atoms with E-state index in [0.717, 1.165) is 5.56 Å². The number of rotatable bonds is 4. The van der Waals surface area contributed by atoms with Gasteiger partial charge in [-0.25, -0.2) is 0 Å². The Kier molecular flexibility index (Phi) is 4.79. The van der Waals surface area contributed by atoms with E-state index in [1.54, 1.807) is 6.08 Å². The predicted molar refractivity (Wildman–Crippen MR) is 73.4 cm³/mol. The van der Waals surface area contributed by atoms with E-state index in [4.69, 9.17) is 11.6 Å². The van der Waals surface area contributed by atoms with Crippen molar-refractivity contribution in [1.29, 1.82) is 0 Å². The summed E-state index contributed by atoms with van der Waals surface area (Å²) in [4.78, 5) is 23.2. The molecule has 106 valence electrons. The Bertz CT molecular complexity index is 527. The third-order valence-electron chi connectivity index (χ3n) is 3.44. The Morgan fingerprint density at radius 1 is 1.25 bits per heavy atom. The van der Waals surface area contributed by atoms with Crippen molar-refractivity contribution in [3.05, 3.63) is 47.0 Å². The molecule has 2 atom stereocenters. The molecule has 0 unspecified atom stereocenters.